The number of piperidine rings is 1. The molecule has 1 aromatic rings. The van der Waals surface area contributed by atoms with Crippen LogP contribution in [0.5, 0.6) is 0 Å². The van der Waals surface area contributed by atoms with E-state index < -0.39 is 0 Å². The van der Waals surface area contributed by atoms with Crippen LogP contribution in [0.15, 0.2) is 12.5 Å². The van der Waals surface area contributed by atoms with Gasteiger partial charge in [-0.1, -0.05) is 13.8 Å². The molecule has 2 rings (SSSR count). The fourth-order valence-corrected chi connectivity index (χ4v) is 2.21. The Morgan fingerprint density at radius 2 is 2.32 bits per heavy atom. The Morgan fingerprint density at radius 1 is 1.53 bits per heavy atom. The lowest BCUT2D eigenvalue weighted by Gasteiger charge is -2.24. The largest absolute Gasteiger partial charge is 0.348 e. The number of nitrogens with one attached hydrogen (secondary N) is 2. The third-order valence-electron chi connectivity index (χ3n) is 3.17. The molecule has 0 bridgehead atoms. The molecule has 106 valence electrons. The molecule has 1 aromatic heterocycles. The molecule has 0 aliphatic carbocycles. The average molecular weight is 285 g/mol. The van der Waals surface area contributed by atoms with Crippen molar-refractivity contribution in [2.24, 2.45) is 0 Å². The van der Waals surface area contributed by atoms with E-state index in [0.29, 0.717) is 5.56 Å². The molecule has 0 saturated carbocycles. The van der Waals surface area contributed by atoms with Crippen LogP contribution >= 0.6 is 12.4 Å². The van der Waals surface area contributed by atoms with Gasteiger partial charge in [-0.25, -0.2) is 9.97 Å². The average Bonchev–Trinajstić information content (AvgIpc) is 2.40. The van der Waals surface area contributed by atoms with Gasteiger partial charge in [0.25, 0.3) is 5.91 Å². The van der Waals surface area contributed by atoms with E-state index in [0.717, 1.165) is 31.6 Å². The maximum absolute atomic E-state index is 12.2. The summed E-state index contributed by atoms with van der Waals surface area (Å²) in [6.07, 6.45) is 5.24. The minimum Gasteiger partial charge on any atom is -0.348 e. The minimum atomic E-state index is -0.0620. The van der Waals surface area contributed by atoms with Gasteiger partial charge in [-0.15, -0.1) is 12.4 Å². The van der Waals surface area contributed by atoms with Crippen LogP contribution in [0.3, 0.4) is 0 Å². The van der Waals surface area contributed by atoms with Crippen LogP contribution in [0, 0.1) is 0 Å². The highest BCUT2D eigenvalue weighted by atomic mass is 35.5. The maximum atomic E-state index is 12.2. The number of hydrogen-bond acceptors (Lipinski definition) is 4. The first-order valence-electron chi connectivity index (χ1n) is 6.50. The molecule has 0 aromatic carbocycles. The van der Waals surface area contributed by atoms with Gasteiger partial charge in [-0.3, -0.25) is 4.79 Å². The monoisotopic (exact) mass is 284 g/mol. The Hall–Kier alpha value is -1.20. The molecule has 2 heterocycles. The van der Waals surface area contributed by atoms with Crippen molar-refractivity contribution in [2.45, 2.75) is 38.6 Å². The molecule has 19 heavy (non-hydrogen) atoms. The number of amides is 1. The van der Waals surface area contributed by atoms with Crippen molar-refractivity contribution in [1.29, 1.82) is 0 Å². The van der Waals surface area contributed by atoms with Crippen molar-refractivity contribution >= 4 is 18.3 Å². The van der Waals surface area contributed by atoms with Crippen LogP contribution in [-0.4, -0.2) is 35.0 Å². The number of nitrogens with zero attached hydrogens (tertiary/aromatic N) is 2. The van der Waals surface area contributed by atoms with Gasteiger partial charge in [0.1, 0.15) is 6.33 Å². The van der Waals surface area contributed by atoms with E-state index in [1.54, 1.807) is 6.20 Å². The number of hydrogen-bond donors (Lipinski definition) is 2. The van der Waals surface area contributed by atoms with Crippen LogP contribution in [0.2, 0.25) is 0 Å². The maximum Gasteiger partial charge on any atom is 0.254 e. The fourth-order valence-electron chi connectivity index (χ4n) is 2.21. The first-order chi connectivity index (χ1) is 8.68. The van der Waals surface area contributed by atoms with Crippen molar-refractivity contribution in [3.05, 3.63) is 23.8 Å². The Morgan fingerprint density at radius 3 is 2.95 bits per heavy atom. The van der Waals surface area contributed by atoms with Crippen molar-refractivity contribution < 1.29 is 4.79 Å². The second kappa shape index (κ2) is 7.40. The van der Waals surface area contributed by atoms with Gasteiger partial charge in [-0.2, -0.15) is 0 Å². The van der Waals surface area contributed by atoms with Gasteiger partial charge < -0.3 is 10.6 Å². The zero-order valence-electron chi connectivity index (χ0n) is 11.3. The van der Waals surface area contributed by atoms with Crippen LogP contribution in [-0.2, 0) is 0 Å². The van der Waals surface area contributed by atoms with Crippen LogP contribution in [0.4, 0.5) is 0 Å². The summed E-state index contributed by atoms with van der Waals surface area (Å²) in [5.74, 6) is 0.159. The Kier molecular flexibility index (Phi) is 6.18. The second-order valence-corrected chi connectivity index (χ2v) is 4.99. The lowest BCUT2D eigenvalue weighted by Crippen LogP contribution is -2.45. The third-order valence-corrected chi connectivity index (χ3v) is 3.17. The third kappa shape index (κ3) is 4.14. The Balaban J connectivity index is 0.00000180. The molecule has 1 aliphatic heterocycles. The zero-order valence-corrected chi connectivity index (χ0v) is 12.2. The molecule has 1 fully saturated rings. The quantitative estimate of drug-likeness (QED) is 0.883. The van der Waals surface area contributed by atoms with Crippen molar-refractivity contribution in [3.8, 4) is 0 Å². The van der Waals surface area contributed by atoms with E-state index in [2.05, 4.69) is 20.6 Å². The van der Waals surface area contributed by atoms with Crippen molar-refractivity contribution in [1.82, 2.24) is 20.6 Å². The topological polar surface area (TPSA) is 66.9 Å². The zero-order chi connectivity index (χ0) is 13.0. The van der Waals surface area contributed by atoms with Crippen molar-refractivity contribution in [2.75, 3.05) is 13.1 Å². The number of carbonyl (C=O) groups is 1. The smallest absolute Gasteiger partial charge is 0.254 e. The summed E-state index contributed by atoms with van der Waals surface area (Å²) in [5, 5.41) is 6.33. The van der Waals surface area contributed by atoms with Gasteiger partial charge in [-0.05, 0) is 25.3 Å². The summed E-state index contributed by atoms with van der Waals surface area (Å²) >= 11 is 0. The highest BCUT2D eigenvalue weighted by Crippen LogP contribution is 2.15. The Bertz CT molecular complexity index is 419. The molecule has 0 unspecified atom stereocenters. The summed E-state index contributed by atoms with van der Waals surface area (Å²) in [5.41, 5.74) is 1.41. The standard InChI is InChI=1S/C13H20N4O.ClH/c1-9(2)12-11(7-15-8-16-12)13(18)17-10-4-3-5-14-6-10;/h7-10,14H,3-6H2,1-2H3,(H,17,18);1H/t10-;/m0./s1. The number of aromatic nitrogens is 2. The molecular formula is C13H21ClN4O. The van der Waals surface area contributed by atoms with Crippen molar-refractivity contribution in [3.63, 3.8) is 0 Å². The van der Waals surface area contributed by atoms with E-state index in [4.69, 9.17) is 0 Å². The predicted octanol–water partition coefficient (Wildman–Crippen LogP) is 1.50. The highest BCUT2D eigenvalue weighted by molar-refractivity contribution is 5.95. The molecule has 0 spiro atoms. The summed E-state index contributed by atoms with van der Waals surface area (Å²) in [7, 11) is 0. The molecule has 2 N–H and O–H groups in total. The van der Waals surface area contributed by atoms with E-state index in [-0.39, 0.29) is 30.3 Å². The summed E-state index contributed by atoms with van der Waals surface area (Å²) in [4.78, 5) is 20.4. The molecule has 1 atom stereocenters. The lowest BCUT2D eigenvalue weighted by molar-refractivity contribution is 0.0928. The first kappa shape index (κ1) is 15.9. The minimum absolute atomic E-state index is 0. The highest BCUT2D eigenvalue weighted by Gasteiger charge is 2.20. The SMILES string of the molecule is CC(C)c1ncncc1C(=O)N[C@H]1CCCNC1.Cl. The lowest BCUT2D eigenvalue weighted by atomic mass is 10.0. The molecule has 0 radical (unpaired) electrons. The van der Waals surface area contributed by atoms with Crippen LogP contribution in [0.25, 0.3) is 0 Å². The fraction of sp³-hybridized carbons (Fsp3) is 0.615. The van der Waals surface area contributed by atoms with E-state index in [9.17, 15) is 4.79 Å². The number of rotatable bonds is 3. The van der Waals surface area contributed by atoms with Gasteiger partial charge in [0, 0.05) is 18.8 Å². The van der Waals surface area contributed by atoms with Gasteiger partial charge in [0.05, 0.1) is 11.3 Å². The number of halogens is 1. The number of carbonyl (C=O) groups excluding carboxylic acids is 1. The molecule has 1 aliphatic rings. The van der Waals surface area contributed by atoms with Crippen LogP contribution < -0.4 is 10.6 Å². The predicted molar refractivity (Wildman–Crippen MR) is 76.7 cm³/mol. The van der Waals surface area contributed by atoms with E-state index in [1.165, 1.54) is 6.33 Å². The van der Waals surface area contributed by atoms with E-state index >= 15 is 0 Å². The second-order valence-electron chi connectivity index (χ2n) is 4.99. The van der Waals surface area contributed by atoms with Gasteiger partial charge in [0.2, 0.25) is 0 Å². The normalized spacial score (nSPS) is 18.8. The molecule has 1 amide bonds. The van der Waals surface area contributed by atoms with Gasteiger partial charge in [0.15, 0.2) is 0 Å². The van der Waals surface area contributed by atoms with Crippen LogP contribution in [0.1, 0.15) is 48.7 Å². The molecule has 5 nitrogen and oxygen atoms in total. The first-order valence-corrected chi connectivity index (χ1v) is 6.50. The Labute approximate surface area is 120 Å². The van der Waals surface area contributed by atoms with E-state index in [1.807, 2.05) is 13.8 Å². The molecular weight excluding hydrogens is 264 g/mol. The van der Waals surface area contributed by atoms with Gasteiger partial charge >= 0.3 is 0 Å². The molecule has 1 saturated heterocycles. The summed E-state index contributed by atoms with van der Waals surface area (Å²) in [6, 6.07) is 0.214. The molecule has 6 heteroatoms. The summed E-state index contributed by atoms with van der Waals surface area (Å²) < 4.78 is 0. The summed E-state index contributed by atoms with van der Waals surface area (Å²) in [6.45, 7) is 5.94.